The lowest BCUT2D eigenvalue weighted by Crippen LogP contribution is -2.40. The Morgan fingerprint density at radius 3 is 2.35 bits per heavy atom. The molecule has 1 aromatic rings. The van der Waals surface area contributed by atoms with E-state index in [1.54, 1.807) is 6.92 Å². The van der Waals surface area contributed by atoms with Crippen LogP contribution >= 0.6 is 0 Å². The van der Waals surface area contributed by atoms with E-state index in [1.807, 2.05) is 0 Å². The lowest BCUT2D eigenvalue weighted by molar-refractivity contribution is -0.384. The van der Waals surface area contributed by atoms with Crippen LogP contribution in [0.4, 0.5) is 5.69 Å². The van der Waals surface area contributed by atoms with Gasteiger partial charge in [0.05, 0.1) is 22.3 Å². The molecule has 0 atom stereocenters. The van der Waals surface area contributed by atoms with Crippen molar-refractivity contribution in [2.24, 2.45) is 5.92 Å². The maximum atomic E-state index is 12.5. The van der Waals surface area contributed by atoms with Gasteiger partial charge in [0.2, 0.25) is 10.0 Å². The number of nitro groups is 1. The van der Waals surface area contributed by atoms with Crippen LogP contribution < -0.4 is 0 Å². The number of carbonyl (C=O) groups is 1. The van der Waals surface area contributed by atoms with Gasteiger partial charge in [-0.05, 0) is 31.9 Å². The molecule has 0 amide bonds. The molecule has 9 heteroatoms. The van der Waals surface area contributed by atoms with Gasteiger partial charge >= 0.3 is 5.97 Å². The Morgan fingerprint density at radius 2 is 1.87 bits per heavy atom. The Kier molecular flexibility index (Phi) is 5.32. The molecule has 0 bridgehead atoms. The molecule has 1 aliphatic heterocycles. The van der Waals surface area contributed by atoms with Gasteiger partial charge in [-0.15, -0.1) is 0 Å². The number of non-ortho nitro benzene ring substituents is 1. The second-order valence-electron chi connectivity index (χ2n) is 5.18. The first-order valence-electron chi connectivity index (χ1n) is 7.27. The van der Waals surface area contributed by atoms with E-state index in [4.69, 9.17) is 4.74 Å². The number of esters is 1. The summed E-state index contributed by atoms with van der Waals surface area (Å²) in [6.07, 6.45) is 0.816. The smallest absolute Gasteiger partial charge is 0.309 e. The Balaban J connectivity index is 2.07. The van der Waals surface area contributed by atoms with Crippen LogP contribution in [0.2, 0.25) is 0 Å². The Labute approximate surface area is 134 Å². The van der Waals surface area contributed by atoms with Crippen molar-refractivity contribution in [1.29, 1.82) is 0 Å². The lowest BCUT2D eigenvalue weighted by atomic mass is 9.98. The van der Waals surface area contributed by atoms with Crippen molar-refractivity contribution in [2.45, 2.75) is 24.7 Å². The van der Waals surface area contributed by atoms with Crippen molar-refractivity contribution in [1.82, 2.24) is 4.31 Å². The number of rotatable bonds is 5. The highest BCUT2D eigenvalue weighted by Gasteiger charge is 2.32. The predicted molar refractivity (Wildman–Crippen MR) is 81.2 cm³/mol. The van der Waals surface area contributed by atoms with Crippen LogP contribution in [0.5, 0.6) is 0 Å². The van der Waals surface area contributed by atoms with E-state index >= 15 is 0 Å². The van der Waals surface area contributed by atoms with Crippen molar-refractivity contribution in [2.75, 3.05) is 19.7 Å². The van der Waals surface area contributed by atoms with Crippen LogP contribution in [0.3, 0.4) is 0 Å². The van der Waals surface area contributed by atoms with Crippen molar-refractivity contribution >= 4 is 21.7 Å². The molecule has 0 N–H and O–H groups in total. The van der Waals surface area contributed by atoms with Gasteiger partial charge in [0.25, 0.3) is 5.69 Å². The second kappa shape index (κ2) is 7.05. The summed E-state index contributed by atoms with van der Waals surface area (Å²) >= 11 is 0. The summed E-state index contributed by atoms with van der Waals surface area (Å²) in [5.74, 6) is -0.571. The molecule has 126 valence electrons. The van der Waals surface area contributed by atoms with E-state index < -0.39 is 14.9 Å². The minimum absolute atomic E-state index is 0.0117. The number of hydrogen-bond donors (Lipinski definition) is 0. The van der Waals surface area contributed by atoms with Gasteiger partial charge in [-0.25, -0.2) is 8.42 Å². The molecule has 0 saturated carbocycles. The first kappa shape index (κ1) is 17.4. The number of sulfonamides is 1. The third kappa shape index (κ3) is 3.85. The van der Waals surface area contributed by atoms with Crippen molar-refractivity contribution in [3.05, 3.63) is 34.4 Å². The van der Waals surface area contributed by atoms with Crippen LogP contribution in [0.25, 0.3) is 0 Å². The molecule has 8 nitrogen and oxygen atoms in total. The molecular formula is C14H18N2O6S. The SMILES string of the molecule is CCOC(=O)C1CCN(S(=O)(=O)c2ccc([N+](=O)[O-])cc2)CC1. The van der Waals surface area contributed by atoms with E-state index in [9.17, 15) is 23.3 Å². The molecule has 0 unspecified atom stereocenters. The number of nitro benzene ring substituents is 1. The van der Waals surface area contributed by atoms with Crippen LogP contribution in [0.1, 0.15) is 19.8 Å². The van der Waals surface area contributed by atoms with Crippen molar-refractivity contribution in [3.8, 4) is 0 Å². The fraction of sp³-hybridized carbons (Fsp3) is 0.500. The normalized spacial score (nSPS) is 16.9. The summed E-state index contributed by atoms with van der Waals surface area (Å²) in [4.78, 5) is 21.7. The van der Waals surface area contributed by atoms with Crippen LogP contribution in [-0.4, -0.2) is 43.3 Å². The minimum Gasteiger partial charge on any atom is -0.466 e. The van der Waals surface area contributed by atoms with E-state index in [-0.39, 0.29) is 35.6 Å². The van der Waals surface area contributed by atoms with Crippen molar-refractivity contribution < 1.29 is 22.9 Å². The number of benzene rings is 1. The molecule has 1 fully saturated rings. The summed E-state index contributed by atoms with van der Waals surface area (Å²) in [5.41, 5.74) is -0.162. The highest BCUT2D eigenvalue weighted by Crippen LogP contribution is 2.25. The van der Waals surface area contributed by atoms with Crippen LogP contribution in [-0.2, 0) is 19.6 Å². The van der Waals surface area contributed by atoms with Crippen molar-refractivity contribution in [3.63, 3.8) is 0 Å². The molecular weight excluding hydrogens is 324 g/mol. The lowest BCUT2D eigenvalue weighted by Gasteiger charge is -2.30. The van der Waals surface area contributed by atoms with Crippen LogP contribution in [0.15, 0.2) is 29.2 Å². The van der Waals surface area contributed by atoms with Gasteiger partial charge < -0.3 is 4.74 Å². The quantitative estimate of drug-likeness (QED) is 0.456. The Bertz CT molecular complexity index is 678. The summed E-state index contributed by atoms with van der Waals surface area (Å²) in [7, 11) is -3.71. The van der Waals surface area contributed by atoms with Gasteiger partial charge in [0.15, 0.2) is 0 Å². The van der Waals surface area contributed by atoms with Gasteiger partial charge in [-0.2, -0.15) is 4.31 Å². The van der Waals surface area contributed by atoms with E-state index in [1.165, 1.54) is 16.4 Å². The average molecular weight is 342 g/mol. The van der Waals surface area contributed by atoms with Crippen LogP contribution in [0, 0.1) is 16.0 Å². The summed E-state index contributed by atoms with van der Waals surface area (Å²) in [6.45, 7) is 2.48. The minimum atomic E-state index is -3.71. The molecule has 1 aromatic carbocycles. The van der Waals surface area contributed by atoms with Gasteiger partial charge in [0.1, 0.15) is 0 Å². The number of piperidine rings is 1. The standard InChI is InChI=1S/C14H18N2O6S/c1-2-22-14(17)11-7-9-15(10-8-11)23(20,21)13-5-3-12(4-6-13)16(18)19/h3-6,11H,2,7-10H2,1H3. The highest BCUT2D eigenvalue weighted by atomic mass is 32.2. The first-order valence-corrected chi connectivity index (χ1v) is 8.71. The maximum absolute atomic E-state index is 12.5. The second-order valence-corrected chi connectivity index (χ2v) is 7.12. The number of carbonyl (C=O) groups excluding carboxylic acids is 1. The zero-order chi connectivity index (χ0) is 17.0. The first-order chi connectivity index (χ1) is 10.9. The number of hydrogen-bond acceptors (Lipinski definition) is 6. The summed E-state index contributed by atoms with van der Waals surface area (Å²) in [5, 5.41) is 10.6. The summed E-state index contributed by atoms with van der Waals surface area (Å²) in [6, 6.07) is 4.78. The fourth-order valence-electron chi connectivity index (χ4n) is 2.48. The topological polar surface area (TPSA) is 107 Å². The number of ether oxygens (including phenoxy) is 1. The Hall–Kier alpha value is -2.00. The molecule has 0 aromatic heterocycles. The van der Waals surface area contributed by atoms with E-state index in [2.05, 4.69) is 0 Å². The summed E-state index contributed by atoms with van der Waals surface area (Å²) < 4.78 is 31.3. The van der Waals surface area contributed by atoms with Gasteiger partial charge in [0, 0.05) is 25.2 Å². The average Bonchev–Trinajstić information content (AvgIpc) is 2.55. The highest BCUT2D eigenvalue weighted by molar-refractivity contribution is 7.89. The van der Waals surface area contributed by atoms with Gasteiger partial charge in [-0.1, -0.05) is 0 Å². The molecule has 1 heterocycles. The van der Waals surface area contributed by atoms with E-state index in [0.717, 1.165) is 12.1 Å². The Morgan fingerprint density at radius 1 is 1.30 bits per heavy atom. The molecule has 2 rings (SSSR count). The largest absolute Gasteiger partial charge is 0.466 e. The molecule has 1 saturated heterocycles. The van der Waals surface area contributed by atoms with E-state index in [0.29, 0.717) is 19.4 Å². The zero-order valence-corrected chi connectivity index (χ0v) is 13.5. The molecule has 0 spiro atoms. The predicted octanol–water partition coefficient (Wildman–Crippen LogP) is 1.56. The molecule has 0 aliphatic carbocycles. The molecule has 0 radical (unpaired) electrons. The maximum Gasteiger partial charge on any atom is 0.309 e. The fourth-order valence-corrected chi connectivity index (χ4v) is 3.95. The molecule has 23 heavy (non-hydrogen) atoms. The molecule has 1 aliphatic rings. The third-order valence-electron chi connectivity index (χ3n) is 3.76. The van der Waals surface area contributed by atoms with Gasteiger partial charge in [-0.3, -0.25) is 14.9 Å². The number of nitrogens with zero attached hydrogens (tertiary/aromatic N) is 2. The monoisotopic (exact) mass is 342 g/mol. The zero-order valence-electron chi connectivity index (χ0n) is 12.7. The third-order valence-corrected chi connectivity index (χ3v) is 5.67.